The Hall–Kier alpha value is 0.0900. The summed E-state index contributed by atoms with van der Waals surface area (Å²) in [5.74, 6) is 0. The second-order valence-corrected chi connectivity index (χ2v) is 2.29. The highest BCUT2D eigenvalue weighted by Gasteiger charge is 1.93. The van der Waals surface area contributed by atoms with E-state index in [1.807, 2.05) is 13.0 Å². The van der Waals surface area contributed by atoms with E-state index in [4.69, 9.17) is 0 Å². The highest BCUT2D eigenvalue weighted by Crippen LogP contribution is 2.08. The predicted molar refractivity (Wildman–Crippen MR) is 37.5 cm³/mol. The summed E-state index contributed by atoms with van der Waals surface area (Å²) in [6, 6.07) is 0. The van der Waals surface area contributed by atoms with E-state index in [0.29, 0.717) is 5.25 Å². The molecule has 0 spiro atoms. The maximum absolute atomic E-state index is 3.65. The molecule has 7 heavy (non-hydrogen) atoms. The Morgan fingerprint density at radius 3 is 2.29 bits per heavy atom. The number of rotatable bonds is 3. The first kappa shape index (κ1) is 7.09. The summed E-state index contributed by atoms with van der Waals surface area (Å²) in [5, 5.41) is 0.542. The van der Waals surface area contributed by atoms with Crippen molar-refractivity contribution in [3.05, 3.63) is 19.1 Å². The van der Waals surface area contributed by atoms with Crippen molar-refractivity contribution in [1.29, 1.82) is 0 Å². The Morgan fingerprint density at radius 1 is 1.71 bits per heavy atom. The third-order valence-electron chi connectivity index (χ3n) is 0.833. The van der Waals surface area contributed by atoms with Crippen molar-refractivity contribution in [3.8, 4) is 0 Å². The molecule has 0 heterocycles. The lowest BCUT2D eigenvalue weighted by molar-refractivity contribution is 1.24. The van der Waals surface area contributed by atoms with Gasteiger partial charge in [0.25, 0.3) is 0 Å². The average molecular weight is 115 g/mol. The van der Waals surface area contributed by atoms with Crippen LogP contribution in [-0.2, 0) is 0 Å². The van der Waals surface area contributed by atoms with Gasteiger partial charge >= 0.3 is 0 Å². The molecule has 0 aromatic heterocycles. The Morgan fingerprint density at radius 2 is 2.29 bits per heavy atom. The van der Waals surface area contributed by atoms with Crippen LogP contribution in [0.15, 0.2) is 12.7 Å². The lowest BCUT2D eigenvalue weighted by Gasteiger charge is -2.00. The first-order chi connectivity index (χ1) is 3.35. The molecule has 0 aliphatic rings. The van der Waals surface area contributed by atoms with Crippen LogP contribution in [0.3, 0.4) is 0 Å². The number of hydrogen-bond acceptors (Lipinski definition) is 1. The molecule has 0 aromatic rings. The van der Waals surface area contributed by atoms with Crippen LogP contribution in [0.25, 0.3) is 0 Å². The molecule has 0 saturated carbocycles. The van der Waals surface area contributed by atoms with E-state index in [2.05, 4.69) is 19.3 Å². The van der Waals surface area contributed by atoms with Gasteiger partial charge in [-0.1, -0.05) is 13.0 Å². The van der Waals surface area contributed by atoms with Gasteiger partial charge in [-0.25, -0.2) is 0 Å². The molecular weight excluding hydrogens is 104 g/mol. The monoisotopic (exact) mass is 115 g/mol. The Kier molecular flexibility index (Phi) is 4.31. The second-order valence-electron chi connectivity index (χ2n) is 1.27. The average Bonchev–Trinajstić information content (AvgIpc) is 1.72. The van der Waals surface area contributed by atoms with Gasteiger partial charge in [-0.3, -0.25) is 0 Å². The van der Waals surface area contributed by atoms with Gasteiger partial charge in [0.2, 0.25) is 0 Å². The molecule has 0 aliphatic heterocycles. The lowest BCUT2D eigenvalue weighted by Crippen LogP contribution is -1.92. The molecule has 0 bridgehead atoms. The third kappa shape index (κ3) is 2.75. The second kappa shape index (κ2) is 4.25. The predicted octanol–water partition coefficient (Wildman–Crippen LogP) is 2.13. The Balaban J connectivity index is 3.16. The summed E-state index contributed by atoms with van der Waals surface area (Å²) in [6.45, 7) is 5.70. The van der Waals surface area contributed by atoms with Crippen molar-refractivity contribution < 1.29 is 0 Å². The summed E-state index contributed by atoms with van der Waals surface area (Å²) in [4.78, 5) is 0. The van der Waals surface area contributed by atoms with Gasteiger partial charge in [-0.15, -0.1) is 6.58 Å². The molecule has 1 radical (unpaired) electrons. The summed E-state index contributed by atoms with van der Waals surface area (Å²) in [5.41, 5.74) is 0. The van der Waals surface area contributed by atoms with E-state index >= 15 is 0 Å². The maximum atomic E-state index is 3.65. The van der Waals surface area contributed by atoms with Crippen LogP contribution in [0, 0.1) is 6.42 Å². The van der Waals surface area contributed by atoms with Gasteiger partial charge in [0.15, 0.2) is 0 Å². The summed E-state index contributed by atoms with van der Waals surface area (Å²) in [7, 11) is 0. The molecule has 1 atom stereocenters. The normalized spacial score (nSPS) is 13.4. The zero-order chi connectivity index (χ0) is 5.70. The number of thioether (sulfide) groups is 1. The molecule has 1 unspecified atom stereocenters. The van der Waals surface area contributed by atoms with Gasteiger partial charge in [-0.05, 0) is 12.7 Å². The van der Waals surface area contributed by atoms with Gasteiger partial charge in [0.05, 0.1) is 0 Å². The molecule has 0 fully saturated rings. The van der Waals surface area contributed by atoms with E-state index in [9.17, 15) is 0 Å². The van der Waals surface area contributed by atoms with Crippen LogP contribution in [0.2, 0.25) is 0 Å². The molecule has 0 rings (SSSR count). The number of hydrogen-bond donors (Lipinski definition) is 0. The standard InChI is InChI=1S/C6H11S/c1-4-6(5-2)7-3/h4-6H,1H2,2-3H3. The van der Waals surface area contributed by atoms with Crippen LogP contribution >= 0.6 is 11.8 Å². The zero-order valence-electron chi connectivity index (χ0n) is 4.85. The maximum Gasteiger partial charge on any atom is 0.0250 e. The van der Waals surface area contributed by atoms with E-state index in [1.165, 1.54) is 0 Å². The fourth-order valence-electron chi connectivity index (χ4n) is 0.368. The van der Waals surface area contributed by atoms with E-state index in [1.54, 1.807) is 11.8 Å². The topological polar surface area (TPSA) is 0 Å². The highest BCUT2D eigenvalue weighted by molar-refractivity contribution is 7.99. The van der Waals surface area contributed by atoms with Crippen molar-refractivity contribution in [2.45, 2.75) is 12.2 Å². The molecular formula is C6H11S. The molecule has 0 nitrogen and oxygen atoms in total. The largest absolute Gasteiger partial charge is 0.158 e. The van der Waals surface area contributed by atoms with Crippen LogP contribution in [0.4, 0.5) is 0 Å². The van der Waals surface area contributed by atoms with Crippen molar-refractivity contribution in [2.24, 2.45) is 0 Å². The van der Waals surface area contributed by atoms with Crippen molar-refractivity contribution in [2.75, 3.05) is 6.26 Å². The first-order valence-corrected chi connectivity index (χ1v) is 3.58. The van der Waals surface area contributed by atoms with Gasteiger partial charge < -0.3 is 0 Å². The van der Waals surface area contributed by atoms with Crippen molar-refractivity contribution in [1.82, 2.24) is 0 Å². The lowest BCUT2D eigenvalue weighted by atomic mass is 10.3. The van der Waals surface area contributed by atoms with Crippen LogP contribution in [-0.4, -0.2) is 11.5 Å². The molecule has 0 aromatic carbocycles. The summed E-state index contributed by atoms with van der Waals surface area (Å²) in [6.07, 6.45) is 6.13. The molecule has 0 saturated heterocycles. The Bertz CT molecular complexity index is 46.1. The summed E-state index contributed by atoms with van der Waals surface area (Å²) >= 11 is 1.80. The molecule has 0 aliphatic carbocycles. The third-order valence-corrected chi connectivity index (χ3v) is 1.84. The Labute approximate surface area is 50.0 Å². The zero-order valence-corrected chi connectivity index (χ0v) is 5.66. The van der Waals surface area contributed by atoms with Gasteiger partial charge in [-0.2, -0.15) is 11.8 Å². The first-order valence-electron chi connectivity index (χ1n) is 2.30. The SMILES string of the molecule is C=CC([CH]C)SC. The van der Waals surface area contributed by atoms with Gasteiger partial charge in [0.1, 0.15) is 0 Å². The minimum Gasteiger partial charge on any atom is -0.158 e. The minimum atomic E-state index is 0.542. The van der Waals surface area contributed by atoms with Crippen LogP contribution in [0.5, 0.6) is 0 Å². The quantitative estimate of drug-likeness (QED) is 0.508. The highest BCUT2D eigenvalue weighted by atomic mass is 32.2. The smallest absolute Gasteiger partial charge is 0.0250 e. The van der Waals surface area contributed by atoms with E-state index in [-0.39, 0.29) is 0 Å². The minimum absolute atomic E-state index is 0.542. The van der Waals surface area contributed by atoms with Crippen molar-refractivity contribution >= 4 is 11.8 Å². The summed E-state index contributed by atoms with van der Waals surface area (Å²) < 4.78 is 0. The molecule has 0 amide bonds. The van der Waals surface area contributed by atoms with E-state index < -0.39 is 0 Å². The molecule has 0 N–H and O–H groups in total. The fourth-order valence-corrected chi connectivity index (χ4v) is 0.833. The van der Waals surface area contributed by atoms with Crippen molar-refractivity contribution in [3.63, 3.8) is 0 Å². The van der Waals surface area contributed by atoms with Gasteiger partial charge in [0, 0.05) is 5.25 Å². The van der Waals surface area contributed by atoms with E-state index in [0.717, 1.165) is 0 Å². The van der Waals surface area contributed by atoms with Crippen LogP contribution in [0.1, 0.15) is 6.92 Å². The van der Waals surface area contributed by atoms with Crippen LogP contribution < -0.4 is 0 Å². The fraction of sp³-hybridized carbons (Fsp3) is 0.500. The molecule has 41 valence electrons. The molecule has 1 heteroatoms.